The molecule has 3 aromatic rings. The molecule has 3 aromatic carbocycles. The molecule has 0 saturated heterocycles. The van der Waals surface area contributed by atoms with Crippen LogP contribution >= 0.6 is 0 Å². The molecule has 0 spiro atoms. The summed E-state index contributed by atoms with van der Waals surface area (Å²) in [5.74, 6) is 1.76. The second-order valence-corrected chi connectivity index (χ2v) is 5.38. The monoisotopic (exact) mass is 305 g/mol. The molecule has 0 aliphatic carbocycles. The summed E-state index contributed by atoms with van der Waals surface area (Å²) in [6, 6.07) is 17.3. The molecule has 1 heterocycles. The highest BCUT2D eigenvalue weighted by Crippen LogP contribution is 2.32. The van der Waals surface area contributed by atoms with Gasteiger partial charge in [0.15, 0.2) is 11.5 Å². The summed E-state index contributed by atoms with van der Waals surface area (Å²) in [7, 11) is 0. The quantitative estimate of drug-likeness (QED) is 0.747. The molecule has 0 amide bonds. The van der Waals surface area contributed by atoms with Gasteiger partial charge in [-0.3, -0.25) is 4.99 Å². The van der Waals surface area contributed by atoms with Crippen LogP contribution in [0.4, 0.5) is 0 Å². The first-order valence-corrected chi connectivity index (χ1v) is 7.40. The van der Waals surface area contributed by atoms with Crippen molar-refractivity contribution in [2.75, 3.05) is 6.79 Å². The van der Waals surface area contributed by atoms with E-state index in [4.69, 9.17) is 9.47 Å². The van der Waals surface area contributed by atoms with Crippen molar-refractivity contribution in [3.63, 3.8) is 0 Å². The van der Waals surface area contributed by atoms with Gasteiger partial charge in [-0.25, -0.2) is 0 Å². The Bertz CT molecular complexity index is 902. The zero-order chi connectivity index (χ0) is 15.6. The molecular formula is C19H15NO3. The lowest BCUT2D eigenvalue weighted by atomic mass is 10.0. The highest BCUT2D eigenvalue weighted by atomic mass is 16.7. The molecule has 0 saturated carbocycles. The van der Waals surface area contributed by atoms with Gasteiger partial charge in [0, 0.05) is 11.8 Å². The van der Waals surface area contributed by atoms with Gasteiger partial charge >= 0.3 is 0 Å². The minimum Gasteiger partial charge on any atom is -0.507 e. The van der Waals surface area contributed by atoms with Gasteiger partial charge in [0.25, 0.3) is 0 Å². The molecule has 114 valence electrons. The Labute approximate surface area is 133 Å². The van der Waals surface area contributed by atoms with E-state index in [0.29, 0.717) is 6.54 Å². The Balaban J connectivity index is 1.61. The third-order valence-electron chi connectivity index (χ3n) is 3.88. The standard InChI is InChI=1S/C19H15NO3/c21-17-7-6-14-3-1-2-4-15(14)16(17)11-20-10-13-5-8-18-19(9-13)23-12-22-18/h1-9,11,21H,10,12H2. The summed E-state index contributed by atoms with van der Waals surface area (Å²) in [6.07, 6.45) is 1.72. The smallest absolute Gasteiger partial charge is 0.231 e. The average Bonchev–Trinajstić information content (AvgIpc) is 3.04. The molecule has 1 N–H and O–H groups in total. The number of nitrogens with zero attached hydrogens (tertiary/aromatic N) is 1. The highest BCUT2D eigenvalue weighted by molar-refractivity contribution is 6.02. The van der Waals surface area contributed by atoms with Crippen LogP contribution in [0.2, 0.25) is 0 Å². The zero-order valence-corrected chi connectivity index (χ0v) is 12.4. The van der Waals surface area contributed by atoms with Crippen molar-refractivity contribution >= 4 is 17.0 Å². The fourth-order valence-corrected chi connectivity index (χ4v) is 2.70. The number of rotatable bonds is 3. The second-order valence-electron chi connectivity index (χ2n) is 5.38. The summed E-state index contributed by atoms with van der Waals surface area (Å²) in [6.45, 7) is 0.783. The van der Waals surface area contributed by atoms with E-state index in [9.17, 15) is 5.11 Å². The fraction of sp³-hybridized carbons (Fsp3) is 0.105. The third-order valence-corrected chi connectivity index (χ3v) is 3.88. The van der Waals surface area contributed by atoms with Crippen LogP contribution in [0.15, 0.2) is 59.6 Å². The topological polar surface area (TPSA) is 51.1 Å². The lowest BCUT2D eigenvalue weighted by molar-refractivity contribution is 0.174. The number of aromatic hydroxyl groups is 1. The summed E-state index contributed by atoms with van der Waals surface area (Å²) >= 11 is 0. The highest BCUT2D eigenvalue weighted by Gasteiger charge is 2.12. The first-order chi connectivity index (χ1) is 11.3. The summed E-state index contributed by atoms with van der Waals surface area (Å²) in [4.78, 5) is 4.47. The van der Waals surface area contributed by atoms with E-state index in [0.717, 1.165) is 33.4 Å². The van der Waals surface area contributed by atoms with Crippen molar-refractivity contribution in [1.82, 2.24) is 0 Å². The van der Waals surface area contributed by atoms with Gasteiger partial charge in [0.05, 0.1) is 6.54 Å². The van der Waals surface area contributed by atoms with Crippen LogP contribution in [0, 0.1) is 0 Å². The molecule has 0 bridgehead atoms. The van der Waals surface area contributed by atoms with Crippen LogP contribution in [0.3, 0.4) is 0 Å². The Hall–Kier alpha value is -3.01. The predicted molar refractivity (Wildman–Crippen MR) is 89.5 cm³/mol. The van der Waals surface area contributed by atoms with Crippen molar-refractivity contribution in [3.8, 4) is 17.2 Å². The number of phenols is 1. The first kappa shape index (κ1) is 13.6. The molecule has 0 unspecified atom stereocenters. The van der Waals surface area contributed by atoms with Gasteiger partial charge in [0.1, 0.15) is 5.75 Å². The maximum absolute atomic E-state index is 10.1. The van der Waals surface area contributed by atoms with E-state index in [1.807, 2.05) is 48.5 Å². The van der Waals surface area contributed by atoms with Gasteiger partial charge in [-0.2, -0.15) is 0 Å². The number of ether oxygens (including phenoxy) is 2. The van der Waals surface area contributed by atoms with Gasteiger partial charge < -0.3 is 14.6 Å². The summed E-state index contributed by atoms with van der Waals surface area (Å²) < 4.78 is 10.7. The van der Waals surface area contributed by atoms with E-state index in [2.05, 4.69) is 4.99 Å². The largest absolute Gasteiger partial charge is 0.507 e. The Morgan fingerprint density at radius 1 is 1.00 bits per heavy atom. The molecule has 0 aromatic heterocycles. The minimum absolute atomic E-state index is 0.234. The molecule has 0 fully saturated rings. The van der Waals surface area contributed by atoms with E-state index in [1.54, 1.807) is 12.3 Å². The van der Waals surface area contributed by atoms with Gasteiger partial charge in [-0.05, 0) is 34.5 Å². The van der Waals surface area contributed by atoms with Crippen LogP contribution in [0.5, 0.6) is 17.2 Å². The first-order valence-electron chi connectivity index (χ1n) is 7.40. The number of hydrogen-bond acceptors (Lipinski definition) is 4. The van der Waals surface area contributed by atoms with Crippen molar-refractivity contribution in [1.29, 1.82) is 0 Å². The van der Waals surface area contributed by atoms with Crippen molar-refractivity contribution < 1.29 is 14.6 Å². The predicted octanol–water partition coefficient (Wildman–Crippen LogP) is 3.89. The van der Waals surface area contributed by atoms with Crippen LogP contribution < -0.4 is 9.47 Å². The Morgan fingerprint density at radius 2 is 1.87 bits per heavy atom. The van der Waals surface area contributed by atoms with E-state index >= 15 is 0 Å². The molecule has 0 atom stereocenters. The van der Waals surface area contributed by atoms with E-state index < -0.39 is 0 Å². The van der Waals surface area contributed by atoms with Gasteiger partial charge in [0.2, 0.25) is 6.79 Å². The average molecular weight is 305 g/mol. The summed E-state index contributed by atoms with van der Waals surface area (Å²) in [5.41, 5.74) is 1.77. The van der Waals surface area contributed by atoms with E-state index in [-0.39, 0.29) is 12.5 Å². The van der Waals surface area contributed by atoms with Crippen molar-refractivity contribution in [3.05, 3.63) is 65.7 Å². The van der Waals surface area contributed by atoms with Gasteiger partial charge in [-0.1, -0.05) is 36.4 Å². The second kappa shape index (κ2) is 5.65. The van der Waals surface area contributed by atoms with Crippen LogP contribution in [0.25, 0.3) is 10.8 Å². The SMILES string of the molecule is Oc1ccc2ccccc2c1C=NCc1ccc2c(c1)OCO2. The molecule has 1 aliphatic heterocycles. The van der Waals surface area contributed by atoms with E-state index in [1.165, 1.54) is 0 Å². The maximum atomic E-state index is 10.1. The zero-order valence-electron chi connectivity index (χ0n) is 12.4. The molecule has 4 rings (SSSR count). The van der Waals surface area contributed by atoms with Crippen molar-refractivity contribution in [2.24, 2.45) is 4.99 Å². The van der Waals surface area contributed by atoms with Crippen molar-refractivity contribution in [2.45, 2.75) is 6.54 Å². The number of phenolic OH excluding ortho intramolecular Hbond substituents is 1. The normalized spacial score (nSPS) is 13.0. The lowest BCUT2D eigenvalue weighted by Crippen LogP contribution is -1.92. The molecule has 4 nitrogen and oxygen atoms in total. The minimum atomic E-state index is 0.234. The third kappa shape index (κ3) is 2.59. The maximum Gasteiger partial charge on any atom is 0.231 e. The molecule has 1 aliphatic rings. The molecule has 23 heavy (non-hydrogen) atoms. The molecular weight excluding hydrogens is 290 g/mol. The Morgan fingerprint density at radius 3 is 2.83 bits per heavy atom. The number of fused-ring (bicyclic) bond motifs is 2. The number of hydrogen-bond donors (Lipinski definition) is 1. The summed E-state index contributed by atoms with van der Waals surface area (Å²) in [5, 5.41) is 12.2. The number of aliphatic imine (C=N–C) groups is 1. The molecule has 0 radical (unpaired) electrons. The van der Waals surface area contributed by atoms with Crippen LogP contribution in [0.1, 0.15) is 11.1 Å². The fourth-order valence-electron chi connectivity index (χ4n) is 2.70. The Kier molecular flexibility index (Phi) is 3.35. The molecule has 4 heteroatoms. The van der Waals surface area contributed by atoms with Gasteiger partial charge in [-0.15, -0.1) is 0 Å². The lowest BCUT2D eigenvalue weighted by Gasteiger charge is -2.05. The number of benzene rings is 3. The van der Waals surface area contributed by atoms with Crippen LogP contribution in [-0.2, 0) is 6.54 Å². The van der Waals surface area contributed by atoms with Crippen LogP contribution in [-0.4, -0.2) is 18.1 Å².